The van der Waals surface area contributed by atoms with Crippen LogP contribution in [0.4, 0.5) is 0 Å². The summed E-state index contributed by atoms with van der Waals surface area (Å²) in [6.45, 7) is 2.22. The molecule has 0 amide bonds. The van der Waals surface area contributed by atoms with Gasteiger partial charge in [0.15, 0.2) is 0 Å². The van der Waals surface area contributed by atoms with Crippen LogP contribution in [0.1, 0.15) is 58.3 Å². The van der Waals surface area contributed by atoms with E-state index in [1.807, 2.05) is 6.08 Å². The molecule has 17 heavy (non-hydrogen) atoms. The van der Waals surface area contributed by atoms with Gasteiger partial charge in [0, 0.05) is 6.42 Å². The maximum Gasteiger partial charge on any atom is 0.00989 e. The van der Waals surface area contributed by atoms with Gasteiger partial charge >= 0.3 is 0 Å². The van der Waals surface area contributed by atoms with Crippen molar-refractivity contribution in [3.05, 3.63) is 12.2 Å². The maximum absolute atomic E-state index is 3.10. The minimum atomic E-state index is 0.992. The van der Waals surface area contributed by atoms with E-state index in [9.17, 15) is 0 Å². The van der Waals surface area contributed by atoms with Crippen LogP contribution in [0, 0.1) is 23.7 Å². The third-order valence-corrected chi connectivity index (χ3v) is 3.10. The summed E-state index contributed by atoms with van der Waals surface area (Å²) >= 11 is 2.42. The summed E-state index contributed by atoms with van der Waals surface area (Å²) in [6, 6.07) is 0. The highest BCUT2D eigenvalue weighted by molar-refractivity contribution is 14.1. The van der Waals surface area contributed by atoms with Crippen LogP contribution < -0.4 is 0 Å². The van der Waals surface area contributed by atoms with Crippen LogP contribution in [0.15, 0.2) is 12.2 Å². The molecule has 0 radical (unpaired) electrons. The van der Waals surface area contributed by atoms with Crippen LogP contribution in [0.2, 0.25) is 0 Å². The fraction of sp³-hybridized carbons (Fsp3) is 0.625. The van der Waals surface area contributed by atoms with Gasteiger partial charge < -0.3 is 0 Å². The van der Waals surface area contributed by atoms with E-state index in [0.29, 0.717) is 0 Å². The van der Waals surface area contributed by atoms with E-state index in [1.54, 1.807) is 0 Å². The Balaban J connectivity index is 3.43. The Kier molecular flexibility index (Phi) is 15.2. The molecule has 0 atom stereocenters. The molecule has 0 rings (SSSR count). The Bertz CT molecular complexity index is 293. The first-order chi connectivity index (χ1) is 8.41. The van der Waals surface area contributed by atoms with Gasteiger partial charge in [0.25, 0.3) is 0 Å². The van der Waals surface area contributed by atoms with Crippen molar-refractivity contribution >= 4 is 22.6 Å². The van der Waals surface area contributed by atoms with Gasteiger partial charge in [-0.15, -0.1) is 0 Å². The average Bonchev–Trinajstić information content (AvgIpc) is 2.35. The summed E-state index contributed by atoms with van der Waals surface area (Å²) in [5, 5.41) is 0. The van der Waals surface area contributed by atoms with Gasteiger partial charge in [0.2, 0.25) is 0 Å². The minimum Gasteiger partial charge on any atom is -0.0891 e. The SMILES string of the molecule is CCCCCC=CC#CC#CCCCCCI. The van der Waals surface area contributed by atoms with Crippen LogP contribution >= 0.6 is 22.6 Å². The predicted octanol–water partition coefficient (Wildman–Crippen LogP) is 5.13. The second-order valence-electron chi connectivity index (χ2n) is 3.97. The lowest BCUT2D eigenvalue weighted by Crippen LogP contribution is -1.75. The number of hydrogen-bond acceptors (Lipinski definition) is 0. The quantitative estimate of drug-likeness (QED) is 0.248. The van der Waals surface area contributed by atoms with Crippen LogP contribution in [0.3, 0.4) is 0 Å². The summed E-state index contributed by atoms with van der Waals surface area (Å²) in [5.41, 5.74) is 0. The Labute approximate surface area is 121 Å². The standard InChI is InChI=1S/C16H23I/c1-2-3-4-5-6-7-8-9-10-11-12-13-14-15-16-17/h6-7H,2-5,12-16H2,1H3. The summed E-state index contributed by atoms with van der Waals surface area (Å²) in [6.07, 6.45) is 13.9. The van der Waals surface area contributed by atoms with Crippen molar-refractivity contribution in [2.45, 2.75) is 58.3 Å². The second kappa shape index (κ2) is 15.6. The van der Waals surface area contributed by atoms with E-state index in [2.05, 4.69) is 59.3 Å². The summed E-state index contributed by atoms with van der Waals surface area (Å²) < 4.78 is 1.26. The molecule has 1 heteroatoms. The topological polar surface area (TPSA) is 0 Å². The van der Waals surface area contributed by atoms with Gasteiger partial charge in [-0.3, -0.25) is 0 Å². The van der Waals surface area contributed by atoms with Crippen molar-refractivity contribution in [1.29, 1.82) is 0 Å². The summed E-state index contributed by atoms with van der Waals surface area (Å²) in [7, 11) is 0. The average molecular weight is 342 g/mol. The highest BCUT2D eigenvalue weighted by Gasteiger charge is 1.83. The van der Waals surface area contributed by atoms with Crippen molar-refractivity contribution in [2.24, 2.45) is 0 Å². The Hall–Kier alpha value is -0.410. The molecule has 0 fully saturated rings. The van der Waals surface area contributed by atoms with E-state index in [1.165, 1.54) is 43.0 Å². The lowest BCUT2D eigenvalue weighted by molar-refractivity contribution is 0.729. The molecular weight excluding hydrogens is 319 g/mol. The van der Waals surface area contributed by atoms with Gasteiger partial charge in [-0.1, -0.05) is 66.7 Å². The van der Waals surface area contributed by atoms with E-state index >= 15 is 0 Å². The van der Waals surface area contributed by atoms with Crippen molar-refractivity contribution in [1.82, 2.24) is 0 Å². The number of halogens is 1. The Morgan fingerprint density at radius 2 is 1.88 bits per heavy atom. The lowest BCUT2D eigenvalue weighted by Gasteiger charge is -1.90. The second-order valence-corrected chi connectivity index (χ2v) is 5.05. The van der Waals surface area contributed by atoms with Crippen molar-refractivity contribution in [3.8, 4) is 23.7 Å². The van der Waals surface area contributed by atoms with Crippen LogP contribution in [-0.4, -0.2) is 4.43 Å². The normalized spacial score (nSPS) is 9.53. The van der Waals surface area contributed by atoms with Gasteiger partial charge in [-0.25, -0.2) is 0 Å². The zero-order valence-electron chi connectivity index (χ0n) is 10.9. The molecular formula is C16H23I. The highest BCUT2D eigenvalue weighted by Crippen LogP contribution is 2.01. The number of allylic oxidation sites excluding steroid dienone is 2. The van der Waals surface area contributed by atoms with E-state index in [4.69, 9.17) is 0 Å². The molecule has 0 spiro atoms. The first-order valence-corrected chi connectivity index (χ1v) is 8.13. The molecule has 0 aliphatic rings. The first-order valence-electron chi connectivity index (χ1n) is 6.61. The van der Waals surface area contributed by atoms with E-state index in [0.717, 1.165) is 12.8 Å². The van der Waals surface area contributed by atoms with Crippen molar-refractivity contribution < 1.29 is 0 Å². The molecule has 0 saturated heterocycles. The molecule has 0 heterocycles. The van der Waals surface area contributed by atoms with E-state index in [-0.39, 0.29) is 0 Å². The monoisotopic (exact) mass is 342 g/mol. The van der Waals surface area contributed by atoms with Gasteiger partial charge in [0.1, 0.15) is 0 Å². The van der Waals surface area contributed by atoms with Crippen LogP contribution in [0.5, 0.6) is 0 Å². The van der Waals surface area contributed by atoms with Crippen LogP contribution in [-0.2, 0) is 0 Å². The lowest BCUT2D eigenvalue weighted by atomic mass is 10.2. The molecule has 0 bridgehead atoms. The molecule has 0 aromatic heterocycles. The molecule has 0 saturated carbocycles. The third kappa shape index (κ3) is 15.6. The number of hydrogen-bond donors (Lipinski definition) is 0. The third-order valence-electron chi connectivity index (χ3n) is 2.33. The highest BCUT2D eigenvalue weighted by atomic mass is 127. The Morgan fingerprint density at radius 1 is 1.00 bits per heavy atom. The zero-order chi connectivity index (χ0) is 12.6. The van der Waals surface area contributed by atoms with Gasteiger partial charge in [0.05, 0.1) is 0 Å². The molecule has 0 unspecified atom stereocenters. The smallest absolute Gasteiger partial charge is 0.00989 e. The molecule has 94 valence electrons. The molecule has 0 aromatic carbocycles. The number of unbranched alkanes of at least 4 members (excludes halogenated alkanes) is 6. The Morgan fingerprint density at radius 3 is 2.65 bits per heavy atom. The summed E-state index contributed by atoms with van der Waals surface area (Å²) in [5.74, 6) is 11.8. The van der Waals surface area contributed by atoms with Crippen LogP contribution in [0.25, 0.3) is 0 Å². The van der Waals surface area contributed by atoms with Gasteiger partial charge in [-0.2, -0.15) is 0 Å². The van der Waals surface area contributed by atoms with Crippen molar-refractivity contribution in [3.63, 3.8) is 0 Å². The van der Waals surface area contributed by atoms with E-state index < -0.39 is 0 Å². The summed E-state index contributed by atoms with van der Waals surface area (Å²) in [4.78, 5) is 0. The first kappa shape index (κ1) is 16.6. The largest absolute Gasteiger partial charge is 0.0891 e. The molecule has 0 nitrogen and oxygen atoms in total. The molecule has 0 aliphatic heterocycles. The zero-order valence-corrected chi connectivity index (χ0v) is 13.1. The molecule has 0 N–H and O–H groups in total. The number of alkyl halides is 1. The van der Waals surface area contributed by atoms with Crippen molar-refractivity contribution in [2.75, 3.05) is 4.43 Å². The predicted molar refractivity (Wildman–Crippen MR) is 86.2 cm³/mol. The fourth-order valence-electron chi connectivity index (χ4n) is 1.32. The maximum atomic E-state index is 3.10. The fourth-order valence-corrected chi connectivity index (χ4v) is 1.86. The van der Waals surface area contributed by atoms with Gasteiger partial charge in [-0.05, 0) is 48.0 Å². The molecule has 0 aromatic rings. The number of rotatable bonds is 8. The minimum absolute atomic E-state index is 0.992. The molecule has 0 aliphatic carbocycles.